The van der Waals surface area contributed by atoms with Gasteiger partial charge >= 0.3 is 0 Å². The summed E-state index contributed by atoms with van der Waals surface area (Å²) in [5.74, 6) is 0.513. The SMILES string of the molecule is Cc1ccc(O)c(C(=O)NCCC2CCNC2)c1. The maximum atomic E-state index is 11.9. The molecule has 1 aliphatic rings. The lowest BCUT2D eigenvalue weighted by atomic mass is 10.0. The van der Waals surface area contributed by atoms with Gasteiger partial charge in [-0.25, -0.2) is 0 Å². The van der Waals surface area contributed by atoms with Crippen LogP contribution in [-0.4, -0.2) is 30.6 Å². The Labute approximate surface area is 107 Å². The number of hydrogen-bond donors (Lipinski definition) is 3. The first-order chi connectivity index (χ1) is 8.66. The van der Waals surface area contributed by atoms with Crippen molar-refractivity contribution in [3.05, 3.63) is 29.3 Å². The molecule has 1 heterocycles. The predicted molar refractivity (Wildman–Crippen MR) is 70.8 cm³/mol. The lowest BCUT2D eigenvalue weighted by Crippen LogP contribution is -2.26. The van der Waals surface area contributed by atoms with Crippen molar-refractivity contribution in [2.75, 3.05) is 19.6 Å². The molecule has 4 nitrogen and oxygen atoms in total. The maximum absolute atomic E-state index is 11.9. The van der Waals surface area contributed by atoms with Gasteiger partial charge in [0.15, 0.2) is 0 Å². The zero-order valence-electron chi connectivity index (χ0n) is 10.7. The molecule has 4 heteroatoms. The number of phenols is 1. The minimum Gasteiger partial charge on any atom is -0.507 e. The van der Waals surface area contributed by atoms with Crippen LogP contribution in [0.15, 0.2) is 18.2 Å². The number of hydrogen-bond acceptors (Lipinski definition) is 3. The summed E-state index contributed by atoms with van der Waals surface area (Å²) < 4.78 is 0. The minimum atomic E-state index is -0.192. The molecule has 18 heavy (non-hydrogen) atoms. The summed E-state index contributed by atoms with van der Waals surface area (Å²) >= 11 is 0. The monoisotopic (exact) mass is 248 g/mol. The number of benzene rings is 1. The maximum Gasteiger partial charge on any atom is 0.255 e. The molecule has 0 aliphatic carbocycles. The van der Waals surface area contributed by atoms with Crippen LogP contribution in [-0.2, 0) is 0 Å². The number of carbonyl (C=O) groups is 1. The molecular weight excluding hydrogens is 228 g/mol. The van der Waals surface area contributed by atoms with Gasteiger partial charge in [0.25, 0.3) is 5.91 Å². The first kappa shape index (κ1) is 12.9. The number of nitrogens with one attached hydrogen (secondary N) is 2. The Kier molecular flexibility index (Phi) is 4.20. The molecule has 1 fully saturated rings. The largest absolute Gasteiger partial charge is 0.507 e. The van der Waals surface area contributed by atoms with Crippen LogP contribution in [0.1, 0.15) is 28.8 Å². The second kappa shape index (κ2) is 5.87. The highest BCUT2D eigenvalue weighted by atomic mass is 16.3. The summed E-state index contributed by atoms with van der Waals surface area (Å²) in [7, 11) is 0. The molecular formula is C14H20N2O2. The van der Waals surface area contributed by atoms with Gasteiger partial charge in [-0.2, -0.15) is 0 Å². The molecule has 1 aromatic carbocycles. The quantitative estimate of drug-likeness (QED) is 0.755. The molecule has 1 saturated heterocycles. The molecule has 1 atom stereocenters. The number of rotatable bonds is 4. The van der Waals surface area contributed by atoms with E-state index >= 15 is 0 Å². The minimum absolute atomic E-state index is 0.0423. The Morgan fingerprint density at radius 1 is 1.56 bits per heavy atom. The Morgan fingerprint density at radius 2 is 2.39 bits per heavy atom. The number of aryl methyl sites for hydroxylation is 1. The lowest BCUT2D eigenvalue weighted by molar-refractivity contribution is 0.0949. The fraction of sp³-hybridized carbons (Fsp3) is 0.500. The van der Waals surface area contributed by atoms with Gasteiger partial charge in [0.05, 0.1) is 5.56 Å². The van der Waals surface area contributed by atoms with E-state index in [0.717, 1.165) is 25.1 Å². The van der Waals surface area contributed by atoms with Crippen LogP contribution in [0.5, 0.6) is 5.75 Å². The summed E-state index contributed by atoms with van der Waals surface area (Å²) in [6.45, 7) is 4.70. The molecule has 0 spiro atoms. The van der Waals surface area contributed by atoms with Crippen molar-refractivity contribution in [3.8, 4) is 5.75 Å². The van der Waals surface area contributed by atoms with Crippen LogP contribution in [0.25, 0.3) is 0 Å². The smallest absolute Gasteiger partial charge is 0.255 e. The van der Waals surface area contributed by atoms with E-state index < -0.39 is 0 Å². The fourth-order valence-electron chi connectivity index (χ4n) is 2.28. The van der Waals surface area contributed by atoms with Crippen molar-refractivity contribution in [1.82, 2.24) is 10.6 Å². The van der Waals surface area contributed by atoms with E-state index in [1.807, 2.05) is 6.92 Å². The van der Waals surface area contributed by atoms with Gasteiger partial charge in [-0.05, 0) is 50.9 Å². The van der Waals surface area contributed by atoms with Crippen molar-refractivity contribution in [2.45, 2.75) is 19.8 Å². The Bertz CT molecular complexity index is 426. The molecule has 2 rings (SSSR count). The lowest BCUT2D eigenvalue weighted by Gasteiger charge is -2.10. The highest BCUT2D eigenvalue weighted by Gasteiger charge is 2.15. The van der Waals surface area contributed by atoms with Crippen LogP contribution in [0.3, 0.4) is 0 Å². The van der Waals surface area contributed by atoms with E-state index in [-0.39, 0.29) is 11.7 Å². The molecule has 0 aromatic heterocycles. The first-order valence-electron chi connectivity index (χ1n) is 6.45. The highest BCUT2D eigenvalue weighted by molar-refractivity contribution is 5.96. The molecule has 3 N–H and O–H groups in total. The third-order valence-electron chi connectivity index (χ3n) is 3.40. The number of amides is 1. The van der Waals surface area contributed by atoms with Crippen molar-refractivity contribution >= 4 is 5.91 Å². The molecule has 0 radical (unpaired) electrons. The van der Waals surface area contributed by atoms with E-state index in [1.165, 1.54) is 6.42 Å². The molecule has 98 valence electrons. The van der Waals surface area contributed by atoms with Crippen LogP contribution in [0.2, 0.25) is 0 Å². The van der Waals surface area contributed by atoms with Gasteiger partial charge < -0.3 is 15.7 Å². The highest BCUT2D eigenvalue weighted by Crippen LogP contribution is 2.18. The molecule has 0 saturated carbocycles. The Hall–Kier alpha value is -1.55. The second-order valence-electron chi connectivity index (χ2n) is 4.92. The van der Waals surface area contributed by atoms with Gasteiger partial charge in [0.2, 0.25) is 0 Å². The summed E-state index contributed by atoms with van der Waals surface area (Å²) in [4.78, 5) is 11.9. The molecule has 0 bridgehead atoms. The predicted octanol–water partition coefficient (Wildman–Crippen LogP) is 1.43. The molecule has 1 aliphatic heterocycles. The third kappa shape index (κ3) is 3.23. The van der Waals surface area contributed by atoms with Crippen molar-refractivity contribution in [3.63, 3.8) is 0 Å². The van der Waals surface area contributed by atoms with E-state index in [2.05, 4.69) is 10.6 Å². The van der Waals surface area contributed by atoms with E-state index in [9.17, 15) is 9.90 Å². The second-order valence-corrected chi connectivity index (χ2v) is 4.92. The standard InChI is InChI=1S/C14H20N2O2/c1-10-2-3-13(17)12(8-10)14(18)16-7-5-11-4-6-15-9-11/h2-3,8,11,15,17H,4-7,9H2,1H3,(H,16,18). The Balaban J connectivity index is 1.85. The topological polar surface area (TPSA) is 61.4 Å². The number of carbonyl (C=O) groups excluding carboxylic acids is 1. The zero-order valence-corrected chi connectivity index (χ0v) is 10.7. The van der Waals surface area contributed by atoms with Crippen molar-refractivity contribution in [2.24, 2.45) is 5.92 Å². The molecule has 1 aromatic rings. The zero-order chi connectivity index (χ0) is 13.0. The van der Waals surface area contributed by atoms with E-state index in [4.69, 9.17) is 0 Å². The van der Waals surface area contributed by atoms with E-state index in [0.29, 0.717) is 18.0 Å². The molecule has 1 amide bonds. The number of phenolic OH excluding ortho intramolecular Hbond substituents is 1. The summed E-state index contributed by atoms with van der Waals surface area (Å²) in [6.07, 6.45) is 2.18. The summed E-state index contributed by atoms with van der Waals surface area (Å²) in [6, 6.07) is 5.06. The average Bonchev–Trinajstić information content (AvgIpc) is 2.85. The summed E-state index contributed by atoms with van der Waals surface area (Å²) in [5, 5.41) is 15.8. The van der Waals surface area contributed by atoms with Crippen molar-refractivity contribution < 1.29 is 9.90 Å². The first-order valence-corrected chi connectivity index (χ1v) is 6.45. The van der Waals surface area contributed by atoms with Crippen LogP contribution in [0, 0.1) is 12.8 Å². The normalized spacial score (nSPS) is 18.8. The van der Waals surface area contributed by atoms with Crippen LogP contribution in [0.4, 0.5) is 0 Å². The van der Waals surface area contributed by atoms with Crippen LogP contribution >= 0.6 is 0 Å². The van der Waals surface area contributed by atoms with Gasteiger partial charge in [0, 0.05) is 6.54 Å². The van der Waals surface area contributed by atoms with Gasteiger partial charge in [-0.15, -0.1) is 0 Å². The summed E-state index contributed by atoms with van der Waals surface area (Å²) in [5.41, 5.74) is 1.33. The molecule has 1 unspecified atom stereocenters. The fourth-order valence-corrected chi connectivity index (χ4v) is 2.28. The Morgan fingerprint density at radius 3 is 3.11 bits per heavy atom. The van der Waals surface area contributed by atoms with Crippen LogP contribution < -0.4 is 10.6 Å². The van der Waals surface area contributed by atoms with Gasteiger partial charge in [0.1, 0.15) is 5.75 Å². The third-order valence-corrected chi connectivity index (χ3v) is 3.40. The van der Waals surface area contributed by atoms with Gasteiger partial charge in [-0.1, -0.05) is 11.6 Å². The number of aromatic hydroxyl groups is 1. The van der Waals surface area contributed by atoms with Crippen molar-refractivity contribution in [1.29, 1.82) is 0 Å². The average molecular weight is 248 g/mol. The van der Waals surface area contributed by atoms with Gasteiger partial charge in [-0.3, -0.25) is 4.79 Å². The van der Waals surface area contributed by atoms with E-state index in [1.54, 1.807) is 18.2 Å².